The molecule has 0 aliphatic carbocycles. The topological polar surface area (TPSA) is 0 Å². The van der Waals surface area contributed by atoms with Crippen LogP contribution in [0, 0.1) is 9.81 Å². The summed E-state index contributed by atoms with van der Waals surface area (Å²) in [4.78, 5) is 0. The minimum Gasteiger partial charge on any atom is -0.137 e. The van der Waals surface area contributed by atoms with Gasteiger partial charge in [-0.3, -0.25) is 0 Å². The lowest BCUT2D eigenvalue weighted by atomic mass is 10.2. The number of halogens is 1. The van der Waals surface area contributed by atoms with Gasteiger partial charge in [0.25, 0.3) is 0 Å². The van der Waals surface area contributed by atoms with Gasteiger partial charge in [-0.15, -0.1) is 11.3 Å². The standard InChI is InChI=1S/C7H9IS/c1-3-6-5(2)4-9-7(6)8/h4H,3H2,1-2H3. The van der Waals surface area contributed by atoms with E-state index in [4.69, 9.17) is 0 Å². The lowest BCUT2D eigenvalue weighted by Crippen LogP contribution is -1.80. The van der Waals surface area contributed by atoms with Crippen molar-refractivity contribution in [3.8, 4) is 0 Å². The minimum absolute atomic E-state index is 1.17. The van der Waals surface area contributed by atoms with Crippen molar-refractivity contribution >= 4 is 33.9 Å². The number of hydrogen-bond acceptors (Lipinski definition) is 1. The molecule has 0 aromatic carbocycles. The average molecular weight is 252 g/mol. The molecule has 1 rings (SSSR count). The van der Waals surface area contributed by atoms with Gasteiger partial charge in [-0.05, 0) is 52.4 Å². The second kappa shape index (κ2) is 3.01. The van der Waals surface area contributed by atoms with E-state index < -0.39 is 0 Å². The fourth-order valence-corrected chi connectivity index (χ4v) is 2.91. The molecule has 0 bridgehead atoms. The third-order valence-corrected chi connectivity index (χ3v) is 3.74. The molecule has 0 spiro atoms. The summed E-state index contributed by atoms with van der Waals surface area (Å²) in [5, 5.41) is 2.22. The molecule has 1 aromatic rings. The molecule has 50 valence electrons. The van der Waals surface area contributed by atoms with Crippen LogP contribution in [0.5, 0.6) is 0 Å². The van der Waals surface area contributed by atoms with Crippen LogP contribution in [-0.4, -0.2) is 0 Å². The molecule has 1 aromatic heterocycles. The molecule has 0 saturated heterocycles. The van der Waals surface area contributed by atoms with Crippen molar-refractivity contribution in [2.45, 2.75) is 20.3 Å². The summed E-state index contributed by atoms with van der Waals surface area (Å²) in [6.45, 7) is 4.38. The van der Waals surface area contributed by atoms with E-state index in [2.05, 4.69) is 41.8 Å². The highest BCUT2D eigenvalue weighted by molar-refractivity contribution is 14.1. The Balaban J connectivity index is 3.07. The SMILES string of the molecule is CCc1c(C)csc1I. The van der Waals surface area contributed by atoms with Crippen LogP contribution < -0.4 is 0 Å². The largest absolute Gasteiger partial charge is 0.137 e. The Bertz CT molecular complexity index is 183. The first-order valence-corrected chi connectivity index (χ1v) is 4.94. The third kappa shape index (κ3) is 1.46. The molecule has 0 amide bonds. The van der Waals surface area contributed by atoms with E-state index in [9.17, 15) is 0 Å². The molecular formula is C7H9IS. The number of hydrogen-bond donors (Lipinski definition) is 0. The maximum atomic E-state index is 2.40. The quantitative estimate of drug-likeness (QED) is 0.673. The van der Waals surface area contributed by atoms with Crippen molar-refractivity contribution in [3.63, 3.8) is 0 Å². The van der Waals surface area contributed by atoms with E-state index in [0.717, 1.165) is 0 Å². The van der Waals surface area contributed by atoms with Crippen molar-refractivity contribution in [2.75, 3.05) is 0 Å². The van der Waals surface area contributed by atoms with E-state index in [1.165, 1.54) is 20.4 Å². The third-order valence-electron chi connectivity index (χ3n) is 1.41. The normalized spacial score (nSPS) is 10.1. The van der Waals surface area contributed by atoms with Crippen LogP contribution in [-0.2, 0) is 6.42 Å². The Kier molecular flexibility index (Phi) is 2.52. The molecule has 0 atom stereocenters. The van der Waals surface area contributed by atoms with Crippen molar-refractivity contribution in [1.29, 1.82) is 0 Å². The zero-order chi connectivity index (χ0) is 6.85. The highest BCUT2D eigenvalue weighted by Crippen LogP contribution is 2.23. The molecule has 0 aliphatic rings. The van der Waals surface area contributed by atoms with Gasteiger partial charge in [-0.25, -0.2) is 0 Å². The smallest absolute Gasteiger partial charge is 0.0687 e. The monoisotopic (exact) mass is 252 g/mol. The van der Waals surface area contributed by atoms with Gasteiger partial charge in [0.15, 0.2) is 0 Å². The van der Waals surface area contributed by atoms with E-state index in [1.54, 1.807) is 0 Å². The van der Waals surface area contributed by atoms with E-state index in [0.29, 0.717) is 0 Å². The number of thiophene rings is 1. The molecule has 0 fully saturated rings. The van der Waals surface area contributed by atoms with Gasteiger partial charge < -0.3 is 0 Å². The first-order valence-electron chi connectivity index (χ1n) is 2.98. The minimum atomic E-state index is 1.17. The van der Waals surface area contributed by atoms with Crippen LogP contribution in [0.4, 0.5) is 0 Å². The molecule has 1 heterocycles. The predicted molar refractivity (Wildman–Crippen MR) is 51.2 cm³/mol. The van der Waals surface area contributed by atoms with Crippen LogP contribution in [0.15, 0.2) is 5.38 Å². The summed E-state index contributed by atoms with van der Waals surface area (Å²) in [6.07, 6.45) is 1.17. The zero-order valence-electron chi connectivity index (χ0n) is 5.57. The van der Waals surface area contributed by atoms with Gasteiger partial charge in [0.2, 0.25) is 0 Å². The summed E-state index contributed by atoms with van der Waals surface area (Å²) in [5.74, 6) is 0. The Morgan fingerprint density at radius 2 is 2.33 bits per heavy atom. The van der Waals surface area contributed by atoms with Crippen LogP contribution >= 0.6 is 33.9 Å². The van der Waals surface area contributed by atoms with Gasteiger partial charge in [-0.2, -0.15) is 0 Å². The average Bonchev–Trinajstić information content (AvgIpc) is 2.12. The van der Waals surface area contributed by atoms with Crippen molar-refractivity contribution in [1.82, 2.24) is 0 Å². The molecular weight excluding hydrogens is 243 g/mol. The molecule has 0 N–H and O–H groups in total. The highest BCUT2D eigenvalue weighted by Gasteiger charge is 2.01. The van der Waals surface area contributed by atoms with E-state index >= 15 is 0 Å². The maximum Gasteiger partial charge on any atom is 0.0687 e. The van der Waals surface area contributed by atoms with Crippen LogP contribution in [0.25, 0.3) is 0 Å². The Labute approximate surface area is 73.4 Å². The van der Waals surface area contributed by atoms with Gasteiger partial charge >= 0.3 is 0 Å². The van der Waals surface area contributed by atoms with Crippen molar-refractivity contribution < 1.29 is 0 Å². The predicted octanol–water partition coefficient (Wildman–Crippen LogP) is 3.22. The van der Waals surface area contributed by atoms with Crippen LogP contribution in [0.3, 0.4) is 0 Å². The number of rotatable bonds is 1. The van der Waals surface area contributed by atoms with E-state index in [1.807, 2.05) is 11.3 Å². The van der Waals surface area contributed by atoms with Crippen molar-refractivity contribution in [3.05, 3.63) is 19.4 Å². The lowest BCUT2D eigenvalue weighted by Gasteiger charge is -1.92. The lowest BCUT2D eigenvalue weighted by molar-refractivity contribution is 1.12. The summed E-state index contributed by atoms with van der Waals surface area (Å²) < 4.78 is 1.45. The first-order chi connectivity index (χ1) is 4.25. The summed E-state index contributed by atoms with van der Waals surface area (Å²) >= 11 is 4.24. The van der Waals surface area contributed by atoms with Crippen LogP contribution in [0.1, 0.15) is 18.1 Å². The fraction of sp³-hybridized carbons (Fsp3) is 0.429. The molecule has 0 unspecified atom stereocenters. The molecule has 0 radical (unpaired) electrons. The molecule has 0 saturated carbocycles. The summed E-state index contributed by atoms with van der Waals surface area (Å²) in [5.41, 5.74) is 2.98. The molecule has 9 heavy (non-hydrogen) atoms. The highest BCUT2D eigenvalue weighted by atomic mass is 127. The molecule has 0 aliphatic heterocycles. The van der Waals surface area contributed by atoms with Gasteiger partial charge in [0.1, 0.15) is 0 Å². The Morgan fingerprint density at radius 3 is 2.56 bits per heavy atom. The summed E-state index contributed by atoms with van der Waals surface area (Å²) in [7, 11) is 0. The maximum absolute atomic E-state index is 2.40. The van der Waals surface area contributed by atoms with E-state index in [-0.39, 0.29) is 0 Å². The fourth-order valence-electron chi connectivity index (χ4n) is 0.855. The Hall–Kier alpha value is 0.430. The summed E-state index contributed by atoms with van der Waals surface area (Å²) in [6, 6.07) is 0. The van der Waals surface area contributed by atoms with Crippen LogP contribution in [0.2, 0.25) is 0 Å². The number of aryl methyl sites for hydroxylation is 1. The zero-order valence-corrected chi connectivity index (χ0v) is 8.54. The second-order valence-corrected chi connectivity index (χ2v) is 4.71. The second-order valence-electron chi connectivity index (χ2n) is 2.02. The van der Waals surface area contributed by atoms with Gasteiger partial charge in [0.05, 0.1) is 2.88 Å². The molecule has 0 nitrogen and oxygen atoms in total. The van der Waals surface area contributed by atoms with Crippen molar-refractivity contribution in [2.24, 2.45) is 0 Å². The Morgan fingerprint density at radius 1 is 1.67 bits per heavy atom. The molecule has 2 heteroatoms. The first kappa shape index (κ1) is 7.54. The van der Waals surface area contributed by atoms with Gasteiger partial charge in [-0.1, -0.05) is 6.92 Å². The van der Waals surface area contributed by atoms with Gasteiger partial charge in [0, 0.05) is 0 Å².